The average molecular weight is 592 g/mol. The van der Waals surface area contributed by atoms with Crippen LogP contribution in [0.15, 0.2) is 103 Å². The van der Waals surface area contributed by atoms with Crippen LogP contribution in [0.3, 0.4) is 0 Å². The molecule has 0 atom stereocenters. The van der Waals surface area contributed by atoms with Crippen molar-refractivity contribution in [2.75, 3.05) is 31.9 Å². The summed E-state index contributed by atoms with van der Waals surface area (Å²) in [4.78, 5) is 35.4. The third kappa shape index (κ3) is 5.60. The lowest BCUT2D eigenvalue weighted by molar-refractivity contribution is 0.0628. The molecule has 10 heteroatoms. The molecule has 45 heavy (non-hydrogen) atoms. The largest absolute Gasteiger partial charge is 0.383 e. The number of piperazine rings is 1. The van der Waals surface area contributed by atoms with Crippen molar-refractivity contribution < 1.29 is 4.79 Å². The maximum atomic E-state index is 13.0. The second-order valence-corrected chi connectivity index (χ2v) is 10.9. The number of hydrogen-bond donors (Lipinski definition) is 1. The van der Waals surface area contributed by atoms with Gasteiger partial charge in [0.05, 0.1) is 11.3 Å². The highest BCUT2D eigenvalue weighted by molar-refractivity contribution is 5.94. The van der Waals surface area contributed by atoms with Crippen LogP contribution in [-0.2, 0) is 6.54 Å². The number of rotatable bonds is 6. The molecule has 1 amide bonds. The Hall–Kier alpha value is -5.92. The van der Waals surface area contributed by atoms with E-state index in [2.05, 4.69) is 39.1 Å². The lowest BCUT2D eigenvalue weighted by Gasteiger charge is -2.34. The van der Waals surface area contributed by atoms with Crippen LogP contribution in [0.25, 0.3) is 39.5 Å². The molecule has 2 aromatic carbocycles. The summed E-state index contributed by atoms with van der Waals surface area (Å²) < 4.78 is 2.04. The number of nitrogens with zero attached hydrogens (tertiary/aromatic N) is 8. The van der Waals surface area contributed by atoms with Crippen molar-refractivity contribution in [3.8, 4) is 34.4 Å². The Kier molecular flexibility index (Phi) is 7.43. The van der Waals surface area contributed by atoms with E-state index in [1.54, 1.807) is 18.3 Å². The highest BCUT2D eigenvalue weighted by Gasteiger charge is 2.23. The van der Waals surface area contributed by atoms with Gasteiger partial charge in [0.2, 0.25) is 0 Å². The van der Waals surface area contributed by atoms with E-state index < -0.39 is 0 Å². The number of imidazole rings is 1. The zero-order valence-corrected chi connectivity index (χ0v) is 24.4. The van der Waals surface area contributed by atoms with Crippen LogP contribution in [0.1, 0.15) is 21.6 Å². The molecule has 2 N–H and O–H groups in total. The molecular formula is C35H29N9O. The molecule has 220 valence electrons. The Morgan fingerprint density at radius 2 is 1.64 bits per heavy atom. The number of carbonyl (C=O) groups excluding carboxylic acids is 1. The monoisotopic (exact) mass is 591 g/mol. The molecule has 0 bridgehead atoms. The Labute approximate surface area is 260 Å². The standard InChI is InChI=1S/C35H29N9O/c36-22-27-21-26(14-16-38-27)35(45)43-19-17-42(18-20-43)23-24-8-10-28(11-9-24)44-33(29-7-4-15-39-32(29)37)41-31-13-12-30(40-34(31)44)25-5-2-1-3-6-25/h1-16,21H,17-20,23H2,(H2,37,39). The number of amides is 1. The molecular weight excluding hydrogens is 562 g/mol. The van der Waals surface area contributed by atoms with Crippen molar-refractivity contribution in [1.29, 1.82) is 5.26 Å². The van der Waals surface area contributed by atoms with Gasteiger partial charge in [-0.05, 0) is 54.1 Å². The first-order chi connectivity index (χ1) is 22.1. The fraction of sp³-hybridized carbons (Fsp3) is 0.143. The van der Waals surface area contributed by atoms with Gasteiger partial charge >= 0.3 is 0 Å². The minimum Gasteiger partial charge on any atom is -0.383 e. The van der Waals surface area contributed by atoms with Gasteiger partial charge in [-0.3, -0.25) is 14.3 Å². The van der Waals surface area contributed by atoms with Gasteiger partial charge in [-0.2, -0.15) is 5.26 Å². The molecule has 0 radical (unpaired) electrons. The van der Waals surface area contributed by atoms with E-state index in [1.165, 1.54) is 6.20 Å². The van der Waals surface area contributed by atoms with Crippen LogP contribution >= 0.6 is 0 Å². The predicted octanol–water partition coefficient (Wildman–Crippen LogP) is 4.96. The van der Waals surface area contributed by atoms with Crippen molar-refractivity contribution >= 4 is 22.9 Å². The zero-order chi connectivity index (χ0) is 30.8. The number of nitriles is 1. The van der Waals surface area contributed by atoms with Crippen molar-refractivity contribution in [3.63, 3.8) is 0 Å². The van der Waals surface area contributed by atoms with Gasteiger partial charge in [0.1, 0.15) is 23.1 Å². The van der Waals surface area contributed by atoms with Crippen molar-refractivity contribution in [2.45, 2.75) is 6.54 Å². The molecule has 0 aliphatic carbocycles. The molecule has 0 unspecified atom stereocenters. The summed E-state index contributed by atoms with van der Waals surface area (Å²) in [5.41, 5.74) is 13.3. The van der Waals surface area contributed by atoms with E-state index in [0.717, 1.165) is 58.9 Å². The topological polar surface area (TPSA) is 130 Å². The molecule has 1 fully saturated rings. The normalized spacial score (nSPS) is 13.5. The molecule has 1 aliphatic heterocycles. The average Bonchev–Trinajstić information content (AvgIpc) is 3.48. The van der Waals surface area contributed by atoms with E-state index in [9.17, 15) is 4.79 Å². The van der Waals surface area contributed by atoms with Crippen LogP contribution in [0.5, 0.6) is 0 Å². The summed E-state index contributed by atoms with van der Waals surface area (Å²) in [6, 6.07) is 31.5. The lowest BCUT2D eigenvalue weighted by Crippen LogP contribution is -2.48. The zero-order valence-electron chi connectivity index (χ0n) is 24.4. The van der Waals surface area contributed by atoms with E-state index in [4.69, 9.17) is 21.0 Å². The number of hydrogen-bond acceptors (Lipinski definition) is 8. The van der Waals surface area contributed by atoms with E-state index in [1.807, 2.05) is 70.1 Å². The quantitative estimate of drug-likeness (QED) is 0.288. The molecule has 1 saturated heterocycles. The van der Waals surface area contributed by atoms with Crippen molar-refractivity contribution in [2.24, 2.45) is 0 Å². The second kappa shape index (κ2) is 12.0. The van der Waals surface area contributed by atoms with Crippen LogP contribution in [0.4, 0.5) is 5.82 Å². The van der Waals surface area contributed by atoms with Gasteiger partial charge in [0.25, 0.3) is 5.91 Å². The van der Waals surface area contributed by atoms with Crippen LogP contribution in [0, 0.1) is 11.3 Å². The highest BCUT2D eigenvalue weighted by atomic mass is 16.2. The highest BCUT2D eigenvalue weighted by Crippen LogP contribution is 2.32. The molecule has 7 rings (SSSR count). The number of carbonyl (C=O) groups is 1. The second-order valence-electron chi connectivity index (χ2n) is 10.9. The van der Waals surface area contributed by atoms with Gasteiger partial charge in [0, 0.05) is 61.9 Å². The summed E-state index contributed by atoms with van der Waals surface area (Å²) in [6.07, 6.45) is 3.18. The molecule has 10 nitrogen and oxygen atoms in total. The number of aromatic nitrogens is 5. The van der Waals surface area contributed by atoms with E-state index >= 15 is 0 Å². The van der Waals surface area contributed by atoms with Gasteiger partial charge < -0.3 is 10.6 Å². The van der Waals surface area contributed by atoms with Gasteiger partial charge in [0.15, 0.2) is 11.5 Å². The first-order valence-electron chi connectivity index (χ1n) is 14.7. The lowest BCUT2D eigenvalue weighted by atomic mass is 10.1. The van der Waals surface area contributed by atoms with Crippen LogP contribution in [0.2, 0.25) is 0 Å². The molecule has 4 aromatic heterocycles. The van der Waals surface area contributed by atoms with Gasteiger partial charge in [-0.25, -0.2) is 19.9 Å². The maximum absolute atomic E-state index is 13.0. The van der Waals surface area contributed by atoms with Crippen molar-refractivity contribution in [3.05, 3.63) is 120 Å². The van der Waals surface area contributed by atoms with Crippen LogP contribution < -0.4 is 5.73 Å². The Balaban J connectivity index is 1.13. The smallest absolute Gasteiger partial charge is 0.254 e. The number of fused-ring (bicyclic) bond motifs is 1. The molecule has 0 saturated carbocycles. The number of pyridine rings is 3. The number of benzene rings is 2. The Bertz CT molecular complexity index is 2040. The summed E-state index contributed by atoms with van der Waals surface area (Å²) in [5, 5.41) is 9.12. The Morgan fingerprint density at radius 3 is 2.40 bits per heavy atom. The third-order valence-electron chi connectivity index (χ3n) is 8.04. The van der Waals surface area contributed by atoms with E-state index in [-0.39, 0.29) is 11.6 Å². The fourth-order valence-corrected chi connectivity index (χ4v) is 5.68. The number of nitrogen functional groups attached to an aromatic ring is 1. The SMILES string of the molecule is N#Cc1cc(C(=O)N2CCN(Cc3ccc(-n4c(-c5cccnc5N)nc5ccc(-c6ccccc6)nc54)cc3)CC2)ccn1. The van der Waals surface area contributed by atoms with Crippen molar-refractivity contribution in [1.82, 2.24) is 34.3 Å². The van der Waals surface area contributed by atoms with Gasteiger partial charge in [-0.1, -0.05) is 42.5 Å². The number of nitrogens with two attached hydrogens (primary N) is 1. The predicted molar refractivity (Wildman–Crippen MR) is 172 cm³/mol. The maximum Gasteiger partial charge on any atom is 0.254 e. The summed E-state index contributed by atoms with van der Waals surface area (Å²) >= 11 is 0. The van der Waals surface area contributed by atoms with Crippen LogP contribution in [-0.4, -0.2) is 66.4 Å². The summed E-state index contributed by atoms with van der Waals surface area (Å²) in [5.74, 6) is 1.01. The third-order valence-corrected chi connectivity index (χ3v) is 8.04. The van der Waals surface area contributed by atoms with Gasteiger partial charge in [-0.15, -0.1) is 0 Å². The fourth-order valence-electron chi connectivity index (χ4n) is 5.68. The molecule has 0 spiro atoms. The first-order valence-corrected chi connectivity index (χ1v) is 14.7. The Morgan fingerprint density at radius 1 is 0.844 bits per heavy atom. The minimum absolute atomic E-state index is 0.0699. The van der Waals surface area contributed by atoms with E-state index in [0.29, 0.717) is 30.3 Å². The first kappa shape index (κ1) is 27.9. The molecule has 6 aromatic rings. The summed E-state index contributed by atoms with van der Waals surface area (Å²) in [7, 11) is 0. The molecule has 5 heterocycles. The molecule has 1 aliphatic rings. The minimum atomic E-state index is -0.0699. The summed E-state index contributed by atoms with van der Waals surface area (Å²) in [6.45, 7) is 3.51. The number of anilines is 1.